The highest BCUT2D eigenvalue weighted by Gasteiger charge is 2.13. The van der Waals surface area contributed by atoms with Crippen LogP contribution in [0.15, 0.2) is 16.7 Å². The monoisotopic (exact) mass is 300 g/mol. The van der Waals surface area contributed by atoms with E-state index in [1.54, 1.807) is 6.20 Å². The highest BCUT2D eigenvalue weighted by Crippen LogP contribution is 2.26. The molecule has 0 aliphatic carbocycles. The van der Waals surface area contributed by atoms with Crippen molar-refractivity contribution in [1.82, 2.24) is 4.98 Å². The lowest BCUT2D eigenvalue weighted by Gasteiger charge is -2.23. The molecule has 1 aromatic heterocycles. The number of hydrogen-bond donors (Lipinski definition) is 0. The predicted molar refractivity (Wildman–Crippen MR) is 71.2 cm³/mol. The Morgan fingerprint density at radius 3 is 2.88 bits per heavy atom. The van der Waals surface area contributed by atoms with E-state index in [4.69, 9.17) is 0 Å². The Kier molecular flexibility index (Phi) is 5.41. The zero-order valence-electron chi connectivity index (χ0n) is 10.4. The van der Waals surface area contributed by atoms with Crippen LogP contribution < -0.4 is 4.90 Å². The number of hydrogen-bond acceptors (Lipinski definition) is 4. The molecule has 0 amide bonds. The van der Waals surface area contributed by atoms with E-state index in [1.807, 2.05) is 24.8 Å². The number of nitrogens with zero attached hydrogens (tertiary/aromatic N) is 2. The van der Waals surface area contributed by atoms with Crippen LogP contribution in [0.25, 0.3) is 0 Å². The molecular formula is C12H17BrN2O2. The lowest BCUT2D eigenvalue weighted by Crippen LogP contribution is -2.27. The number of esters is 1. The molecule has 1 rings (SSSR count). The van der Waals surface area contributed by atoms with Crippen LogP contribution in [0.1, 0.15) is 18.9 Å². The Hall–Kier alpha value is -1.10. The fraction of sp³-hybridized carbons (Fsp3) is 0.500. The second kappa shape index (κ2) is 6.59. The Bertz CT molecular complexity index is 396. The SMILES string of the molecule is CCN(CCC(=O)OC)c1nccc(C)c1Br. The summed E-state index contributed by atoms with van der Waals surface area (Å²) in [5.41, 5.74) is 1.13. The zero-order valence-corrected chi connectivity index (χ0v) is 12.0. The van der Waals surface area contributed by atoms with Gasteiger partial charge in [-0.15, -0.1) is 0 Å². The third-order valence-corrected chi connectivity index (χ3v) is 3.54. The summed E-state index contributed by atoms with van der Waals surface area (Å²) in [5.74, 6) is 0.670. The average Bonchev–Trinajstić information content (AvgIpc) is 2.34. The lowest BCUT2D eigenvalue weighted by molar-refractivity contribution is -0.140. The fourth-order valence-electron chi connectivity index (χ4n) is 1.49. The van der Waals surface area contributed by atoms with Gasteiger partial charge in [0.25, 0.3) is 0 Å². The van der Waals surface area contributed by atoms with E-state index >= 15 is 0 Å². The molecule has 0 bridgehead atoms. The van der Waals surface area contributed by atoms with Gasteiger partial charge in [-0.25, -0.2) is 4.98 Å². The number of aryl methyl sites for hydroxylation is 1. The molecule has 0 aliphatic rings. The van der Waals surface area contributed by atoms with Gasteiger partial charge in [-0.1, -0.05) is 0 Å². The van der Waals surface area contributed by atoms with E-state index in [1.165, 1.54) is 7.11 Å². The van der Waals surface area contributed by atoms with Crippen LogP contribution in [0.2, 0.25) is 0 Å². The molecule has 0 N–H and O–H groups in total. The van der Waals surface area contributed by atoms with Crippen LogP contribution in [-0.2, 0) is 9.53 Å². The molecule has 0 radical (unpaired) electrons. The number of carbonyl (C=O) groups is 1. The smallest absolute Gasteiger partial charge is 0.307 e. The summed E-state index contributed by atoms with van der Waals surface area (Å²) in [6, 6.07) is 1.95. The minimum atomic E-state index is -0.202. The van der Waals surface area contributed by atoms with Gasteiger partial charge in [-0.2, -0.15) is 0 Å². The van der Waals surface area contributed by atoms with Crippen LogP contribution in [0.4, 0.5) is 5.82 Å². The molecule has 17 heavy (non-hydrogen) atoms. The van der Waals surface area contributed by atoms with Crippen LogP contribution in [0.5, 0.6) is 0 Å². The Labute approximate surface area is 110 Å². The maximum atomic E-state index is 11.1. The third kappa shape index (κ3) is 3.70. The minimum Gasteiger partial charge on any atom is -0.469 e. The zero-order chi connectivity index (χ0) is 12.8. The molecule has 0 saturated carbocycles. The van der Waals surface area contributed by atoms with Crippen molar-refractivity contribution in [3.8, 4) is 0 Å². The van der Waals surface area contributed by atoms with Crippen LogP contribution >= 0.6 is 15.9 Å². The summed E-state index contributed by atoms with van der Waals surface area (Å²) < 4.78 is 5.62. The minimum absolute atomic E-state index is 0.202. The number of carbonyl (C=O) groups excluding carboxylic acids is 1. The normalized spacial score (nSPS) is 10.1. The third-order valence-electron chi connectivity index (χ3n) is 2.56. The van der Waals surface area contributed by atoms with Crippen molar-refractivity contribution in [3.63, 3.8) is 0 Å². The number of ether oxygens (including phenoxy) is 1. The summed E-state index contributed by atoms with van der Waals surface area (Å²) in [6.45, 7) is 5.46. The number of rotatable bonds is 5. The van der Waals surface area contributed by atoms with Crippen molar-refractivity contribution in [2.75, 3.05) is 25.1 Å². The van der Waals surface area contributed by atoms with Gasteiger partial charge >= 0.3 is 5.97 Å². The summed E-state index contributed by atoms with van der Waals surface area (Å²) in [6.07, 6.45) is 2.14. The van der Waals surface area contributed by atoms with E-state index in [0.29, 0.717) is 13.0 Å². The highest BCUT2D eigenvalue weighted by atomic mass is 79.9. The molecule has 0 aliphatic heterocycles. The van der Waals surface area contributed by atoms with E-state index < -0.39 is 0 Å². The fourth-order valence-corrected chi connectivity index (χ4v) is 1.97. The molecular weight excluding hydrogens is 284 g/mol. The summed E-state index contributed by atoms with van der Waals surface area (Å²) in [4.78, 5) is 17.5. The molecule has 0 spiro atoms. The van der Waals surface area contributed by atoms with Gasteiger partial charge in [-0.3, -0.25) is 4.79 Å². The summed E-state index contributed by atoms with van der Waals surface area (Å²) in [7, 11) is 1.40. The first-order chi connectivity index (χ1) is 8.10. The molecule has 5 heteroatoms. The first-order valence-corrected chi connectivity index (χ1v) is 6.32. The quantitative estimate of drug-likeness (QED) is 0.784. The van der Waals surface area contributed by atoms with Crippen LogP contribution in [0, 0.1) is 6.92 Å². The molecule has 1 heterocycles. The van der Waals surface area contributed by atoms with Gasteiger partial charge in [0.2, 0.25) is 0 Å². The molecule has 0 saturated heterocycles. The first kappa shape index (κ1) is 14.0. The maximum absolute atomic E-state index is 11.1. The predicted octanol–water partition coefficient (Wildman–Crippen LogP) is 2.54. The average molecular weight is 301 g/mol. The first-order valence-electron chi connectivity index (χ1n) is 5.53. The van der Waals surface area contributed by atoms with Crippen molar-refractivity contribution >= 4 is 27.7 Å². The molecule has 94 valence electrons. The van der Waals surface area contributed by atoms with Crippen LogP contribution in [0.3, 0.4) is 0 Å². The Balaban J connectivity index is 2.79. The van der Waals surface area contributed by atoms with Gasteiger partial charge in [0.05, 0.1) is 18.0 Å². The molecule has 1 aromatic rings. The van der Waals surface area contributed by atoms with E-state index in [9.17, 15) is 4.79 Å². The van der Waals surface area contributed by atoms with Gasteiger partial charge < -0.3 is 9.64 Å². The Morgan fingerprint density at radius 1 is 1.59 bits per heavy atom. The topological polar surface area (TPSA) is 42.4 Å². The number of halogens is 1. The van der Waals surface area contributed by atoms with Gasteiger partial charge in [-0.05, 0) is 41.4 Å². The molecule has 0 fully saturated rings. The Morgan fingerprint density at radius 2 is 2.29 bits per heavy atom. The number of anilines is 1. The second-order valence-corrected chi connectivity index (χ2v) is 4.46. The van der Waals surface area contributed by atoms with Crippen LogP contribution in [-0.4, -0.2) is 31.2 Å². The van der Waals surface area contributed by atoms with Crippen molar-refractivity contribution in [1.29, 1.82) is 0 Å². The van der Waals surface area contributed by atoms with E-state index in [0.717, 1.165) is 22.4 Å². The van der Waals surface area contributed by atoms with Crippen molar-refractivity contribution in [2.24, 2.45) is 0 Å². The summed E-state index contributed by atoms with van der Waals surface area (Å²) >= 11 is 3.53. The van der Waals surface area contributed by atoms with Crippen molar-refractivity contribution in [2.45, 2.75) is 20.3 Å². The molecule has 0 aromatic carbocycles. The van der Waals surface area contributed by atoms with E-state index in [-0.39, 0.29) is 5.97 Å². The van der Waals surface area contributed by atoms with Gasteiger partial charge in [0.1, 0.15) is 5.82 Å². The largest absolute Gasteiger partial charge is 0.469 e. The molecule has 0 unspecified atom stereocenters. The van der Waals surface area contributed by atoms with Crippen molar-refractivity contribution < 1.29 is 9.53 Å². The van der Waals surface area contributed by atoms with E-state index in [2.05, 4.69) is 25.7 Å². The number of methoxy groups -OCH3 is 1. The maximum Gasteiger partial charge on any atom is 0.307 e. The lowest BCUT2D eigenvalue weighted by atomic mass is 10.2. The second-order valence-electron chi connectivity index (χ2n) is 3.67. The number of pyridine rings is 1. The van der Waals surface area contributed by atoms with Crippen molar-refractivity contribution in [3.05, 3.63) is 22.3 Å². The standard InChI is InChI=1S/C12H17BrN2O2/c1-4-15(8-6-10(16)17-3)12-11(13)9(2)5-7-14-12/h5,7H,4,6,8H2,1-3H3. The van der Waals surface area contributed by atoms with Gasteiger partial charge in [0.15, 0.2) is 0 Å². The molecule has 4 nitrogen and oxygen atoms in total. The molecule has 0 atom stereocenters. The highest BCUT2D eigenvalue weighted by molar-refractivity contribution is 9.10. The van der Waals surface area contributed by atoms with Gasteiger partial charge in [0, 0.05) is 19.3 Å². The summed E-state index contributed by atoms with van der Waals surface area (Å²) in [5, 5.41) is 0. The number of aromatic nitrogens is 1.